The number of fused-ring (bicyclic) bond motifs is 1. The molecule has 1 N–H and O–H groups in total. The van der Waals surface area contributed by atoms with Gasteiger partial charge in [0.25, 0.3) is 0 Å². The van der Waals surface area contributed by atoms with Crippen LogP contribution < -0.4 is 5.32 Å². The van der Waals surface area contributed by atoms with Crippen molar-refractivity contribution in [2.75, 3.05) is 11.9 Å². The first-order chi connectivity index (χ1) is 13.0. The molecule has 140 valence electrons. The van der Waals surface area contributed by atoms with Gasteiger partial charge in [-0.15, -0.1) is 0 Å². The van der Waals surface area contributed by atoms with Gasteiger partial charge in [0.05, 0.1) is 29.9 Å². The number of aromatic nitrogens is 1. The first kappa shape index (κ1) is 17.4. The van der Waals surface area contributed by atoms with Gasteiger partial charge in [0.1, 0.15) is 5.76 Å². The number of amides is 2. The molecule has 1 saturated heterocycles. The summed E-state index contributed by atoms with van der Waals surface area (Å²) < 4.78 is 7.48. The summed E-state index contributed by atoms with van der Waals surface area (Å²) in [5, 5.41) is 4.03. The monoisotopic (exact) mass is 365 g/mol. The number of furan rings is 1. The van der Waals surface area contributed by atoms with Gasteiger partial charge in [-0.2, -0.15) is 0 Å². The highest BCUT2D eigenvalue weighted by molar-refractivity contribution is 6.04. The van der Waals surface area contributed by atoms with Crippen molar-refractivity contribution < 1.29 is 14.0 Å². The third-order valence-electron chi connectivity index (χ3n) is 5.09. The highest BCUT2D eigenvalue weighted by Crippen LogP contribution is 2.28. The molecule has 1 aromatic carbocycles. The van der Waals surface area contributed by atoms with E-state index in [1.807, 2.05) is 30.5 Å². The average Bonchev–Trinajstić information content (AvgIpc) is 3.36. The Morgan fingerprint density at radius 1 is 1.26 bits per heavy atom. The molecule has 0 bridgehead atoms. The molecule has 4 rings (SSSR count). The second-order valence-corrected chi connectivity index (χ2v) is 7.30. The van der Waals surface area contributed by atoms with Crippen molar-refractivity contribution in [1.29, 1.82) is 0 Å². The second kappa shape index (κ2) is 6.95. The lowest BCUT2D eigenvalue weighted by Crippen LogP contribution is -2.27. The summed E-state index contributed by atoms with van der Waals surface area (Å²) in [5.74, 6) is 0.241. The van der Waals surface area contributed by atoms with Crippen LogP contribution in [-0.2, 0) is 16.1 Å². The molecular formula is C21H23N3O3. The Kier molecular flexibility index (Phi) is 4.48. The predicted octanol–water partition coefficient (Wildman–Crippen LogP) is 3.80. The van der Waals surface area contributed by atoms with E-state index in [2.05, 4.69) is 29.8 Å². The number of hydrogen-bond donors (Lipinski definition) is 1. The molecule has 0 radical (unpaired) electrons. The van der Waals surface area contributed by atoms with Crippen LogP contribution >= 0.6 is 0 Å². The highest BCUT2D eigenvalue weighted by Gasteiger charge is 2.34. The molecule has 0 aliphatic carbocycles. The molecule has 2 aromatic heterocycles. The van der Waals surface area contributed by atoms with Gasteiger partial charge in [0.15, 0.2) is 0 Å². The summed E-state index contributed by atoms with van der Waals surface area (Å²) in [7, 11) is 0. The van der Waals surface area contributed by atoms with Crippen molar-refractivity contribution in [2.45, 2.75) is 32.9 Å². The van der Waals surface area contributed by atoms with E-state index in [-0.39, 0.29) is 24.2 Å². The fourth-order valence-electron chi connectivity index (χ4n) is 3.67. The molecule has 0 saturated carbocycles. The van der Waals surface area contributed by atoms with E-state index < -0.39 is 0 Å². The van der Waals surface area contributed by atoms with Crippen LogP contribution in [0.4, 0.5) is 5.69 Å². The average molecular weight is 365 g/mol. The molecule has 1 fully saturated rings. The fourth-order valence-corrected chi connectivity index (χ4v) is 3.67. The lowest BCUT2D eigenvalue weighted by atomic mass is 10.1. The van der Waals surface area contributed by atoms with Crippen molar-refractivity contribution in [3.8, 4) is 0 Å². The largest absolute Gasteiger partial charge is 0.467 e. The van der Waals surface area contributed by atoms with Crippen LogP contribution in [0.1, 0.15) is 32.1 Å². The van der Waals surface area contributed by atoms with Crippen molar-refractivity contribution in [2.24, 2.45) is 5.92 Å². The van der Waals surface area contributed by atoms with Gasteiger partial charge in [-0.3, -0.25) is 9.59 Å². The number of benzene rings is 1. The third kappa shape index (κ3) is 3.35. The van der Waals surface area contributed by atoms with Gasteiger partial charge in [0, 0.05) is 30.6 Å². The first-order valence-corrected chi connectivity index (χ1v) is 9.23. The minimum absolute atomic E-state index is 0.0179. The summed E-state index contributed by atoms with van der Waals surface area (Å²) in [6.07, 6.45) is 3.86. The van der Waals surface area contributed by atoms with E-state index in [0.29, 0.717) is 19.1 Å². The summed E-state index contributed by atoms with van der Waals surface area (Å²) in [5.41, 5.74) is 1.87. The summed E-state index contributed by atoms with van der Waals surface area (Å²) >= 11 is 0. The Balaban J connectivity index is 1.48. The number of anilines is 1. The smallest absolute Gasteiger partial charge is 0.229 e. The lowest BCUT2D eigenvalue weighted by Gasteiger charge is -2.15. The van der Waals surface area contributed by atoms with Crippen LogP contribution in [0.5, 0.6) is 0 Å². The van der Waals surface area contributed by atoms with E-state index in [4.69, 9.17) is 4.42 Å². The van der Waals surface area contributed by atoms with Crippen LogP contribution in [0.25, 0.3) is 10.9 Å². The molecule has 1 aliphatic rings. The van der Waals surface area contributed by atoms with E-state index in [1.54, 1.807) is 17.2 Å². The number of carbonyl (C=O) groups is 2. The number of nitrogens with one attached hydrogen (secondary N) is 1. The molecular weight excluding hydrogens is 342 g/mol. The van der Waals surface area contributed by atoms with Gasteiger partial charge in [-0.1, -0.05) is 6.07 Å². The fraction of sp³-hybridized carbons (Fsp3) is 0.333. The minimum atomic E-state index is -0.352. The number of carbonyl (C=O) groups excluding carboxylic acids is 2. The van der Waals surface area contributed by atoms with Gasteiger partial charge < -0.3 is 19.2 Å². The SMILES string of the molecule is CC(C)n1ccc2c(NC(=O)C3CC(=O)N(Cc4ccco4)C3)cccc21. The first-order valence-electron chi connectivity index (χ1n) is 9.23. The van der Waals surface area contributed by atoms with Gasteiger partial charge in [-0.25, -0.2) is 0 Å². The van der Waals surface area contributed by atoms with Gasteiger partial charge in [0.2, 0.25) is 11.8 Å². The quantitative estimate of drug-likeness (QED) is 0.748. The number of nitrogens with zero attached hydrogens (tertiary/aromatic N) is 2. The zero-order valence-corrected chi connectivity index (χ0v) is 15.5. The van der Waals surface area contributed by atoms with E-state index in [1.165, 1.54) is 0 Å². The maximum absolute atomic E-state index is 12.8. The normalized spacial score (nSPS) is 17.2. The van der Waals surface area contributed by atoms with E-state index >= 15 is 0 Å². The molecule has 6 heteroatoms. The van der Waals surface area contributed by atoms with Crippen LogP contribution in [-0.4, -0.2) is 27.8 Å². The topological polar surface area (TPSA) is 67.5 Å². The van der Waals surface area contributed by atoms with Crippen LogP contribution in [0.3, 0.4) is 0 Å². The summed E-state index contributed by atoms with van der Waals surface area (Å²) in [4.78, 5) is 26.7. The van der Waals surface area contributed by atoms with Crippen molar-refractivity contribution in [3.63, 3.8) is 0 Å². The number of likely N-dealkylation sites (tertiary alicyclic amines) is 1. The Labute approximate surface area is 157 Å². The van der Waals surface area contributed by atoms with Crippen LogP contribution in [0.15, 0.2) is 53.3 Å². The maximum Gasteiger partial charge on any atom is 0.229 e. The molecule has 1 unspecified atom stereocenters. The van der Waals surface area contributed by atoms with Crippen molar-refractivity contribution in [3.05, 3.63) is 54.6 Å². The van der Waals surface area contributed by atoms with Crippen LogP contribution in [0, 0.1) is 5.92 Å². The Hall–Kier alpha value is -3.02. The predicted molar refractivity (Wildman–Crippen MR) is 103 cm³/mol. The molecule has 2 amide bonds. The zero-order chi connectivity index (χ0) is 19.0. The third-order valence-corrected chi connectivity index (χ3v) is 5.09. The second-order valence-electron chi connectivity index (χ2n) is 7.30. The van der Waals surface area contributed by atoms with E-state index in [9.17, 15) is 9.59 Å². The summed E-state index contributed by atoms with van der Waals surface area (Å²) in [6.45, 7) is 5.07. The lowest BCUT2D eigenvalue weighted by molar-refractivity contribution is -0.128. The molecule has 27 heavy (non-hydrogen) atoms. The molecule has 0 spiro atoms. The Morgan fingerprint density at radius 3 is 2.85 bits per heavy atom. The molecule has 6 nitrogen and oxygen atoms in total. The molecule has 3 heterocycles. The van der Waals surface area contributed by atoms with Gasteiger partial charge in [-0.05, 0) is 44.2 Å². The number of rotatable bonds is 5. The van der Waals surface area contributed by atoms with E-state index in [0.717, 1.165) is 22.4 Å². The van der Waals surface area contributed by atoms with Gasteiger partial charge >= 0.3 is 0 Å². The zero-order valence-electron chi connectivity index (χ0n) is 15.5. The number of hydrogen-bond acceptors (Lipinski definition) is 3. The molecule has 1 atom stereocenters. The van der Waals surface area contributed by atoms with Crippen molar-refractivity contribution >= 4 is 28.4 Å². The Bertz CT molecular complexity index is 972. The summed E-state index contributed by atoms with van der Waals surface area (Å²) in [6, 6.07) is 11.9. The highest BCUT2D eigenvalue weighted by atomic mass is 16.3. The van der Waals surface area contributed by atoms with Crippen molar-refractivity contribution in [1.82, 2.24) is 9.47 Å². The minimum Gasteiger partial charge on any atom is -0.467 e. The maximum atomic E-state index is 12.8. The Morgan fingerprint density at radius 2 is 2.11 bits per heavy atom. The molecule has 1 aliphatic heterocycles. The standard InChI is InChI=1S/C21H23N3O3/c1-14(2)24-9-8-17-18(6-3-7-19(17)24)22-21(26)15-11-20(25)23(12-15)13-16-5-4-10-27-16/h3-10,14-15H,11-13H2,1-2H3,(H,22,26). The van der Waals surface area contributed by atoms with Crippen LogP contribution in [0.2, 0.25) is 0 Å². The molecule has 3 aromatic rings.